The highest BCUT2D eigenvalue weighted by molar-refractivity contribution is 5.93. The van der Waals surface area contributed by atoms with Crippen LogP contribution in [-0.2, 0) is 11.3 Å². The maximum absolute atomic E-state index is 11.6. The summed E-state index contributed by atoms with van der Waals surface area (Å²) in [6.07, 6.45) is 5.60. The van der Waals surface area contributed by atoms with E-state index < -0.39 is 0 Å². The van der Waals surface area contributed by atoms with Crippen molar-refractivity contribution in [2.75, 3.05) is 5.32 Å². The second-order valence-electron chi connectivity index (χ2n) is 4.68. The molecule has 0 bridgehead atoms. The largest absolute Gasteiger partial charge is 0.323 e. The lowest BCUT2D eigenvalue weighted by Crippen LogP contribution is -2.12. The Hall–Kier alpha value is -2.10. The lowest BCUT2D eigenvalue weighted by Gasteiger charge is -2.01. The molecule has 1 aliphatic carbocycles. The zero-order chi connectivity index (χ0) is 12.4. The minimum atomic E-state index is 0.120. The van der Waals surface area contributed by atoms with E-state index in [1.165, 1.54) is 5.56 Å². The van der Waals surface area contributed by atoms with Crippen LogP contribution >= 0.6 is 0 Å². The summed E-state index contributed by atoms with van der Waals surface area (Å²) in [5.74, 6) is 0.344. The molecule has 3 rings (SSSR count). The molecule has 1 N–H and O–H groups in total. The van der Waals surface area contributed by atoms with E-state index in [-0.39, 0.29) is 11.8 Å². The first-order chi connectivity index (χ1) is 8.81. The normalized spacial score (nSPS) is 14.4. The summed E-state index contributed by atoms with van der Waals surface area (Å²) < 4.78 is 1.83. The van der Waals surface area contributed by atoms with E-state index in [0.717, 1.165) is 25.1 Å². The Bertz CT molecular complexity index is 543. The predicted molar refractivity (Wildman–Crippen MR) is 69.1 cm³/mol. The number of carbonyl (C=O) groups is 1. The molecular formula is C14H15N3O. The molecule has 0 unspecified atom stereocenters. The van der Waals surface area contributed by atoms with Crippen molar-refractivity contribution in [1.29, 1.82) is 0 Å². The third-order valence-corrected chi connectivity index (χ3v) is 3.04. The van der Waals surface area contributed by atoms with Gasteiger partial charge < -0.3 is 5.32 Å². The zero-order valence-electron chi connectivity index (χ0n) is 10.0. The highest BCUT2D eigenvalue weighted by Gasteiger charge is 2.29. The Morgan fingerprint density at radius 2 is 2.11 bits per heavy atom. The summed E-state index contributed by atoms with van der Waals surface area (Å²) in [5, 5.41) is 7.13. The number of aromatic nitrogens is 2. The van der Waals surface area contributed by atoms with Crippen molar-refractivity contribution in [2.24, 2.45) is 5.92 Å². The van der Waals surface area contributed by atoms with Gasteiger partial charge in [0.25, 0.3) is 0 Å². The first-order valence-corrected chi connectivity index (χ1v) is 6.18. The standard InChI is InChI=1S/C14H15N3O/c18-14(12-6-7-12)16-13-8-15-17(10-13)9-11-4-2-1-3-5-11/h1-5,8,10,12H,6-7,9H2,(H,16,18). The van der Waals surface area contributed by atoms with Crippen LogP contribution in [0, 0.1) is 5.92 Å². The van der Waals surface area contributed by atoms with Gasteiger partial charge in [-0.25, -0.2) is 0 Å². The number of carbonyl (C=O) groups excluding carboxylic acids is 1. The van der Waals surface area contributed by atoms with Crippen molar-refractivity contribution in [1.82, 2.24) is 9.78 Å². The molecule has 0 saturated heterocycles. The van der Waals surface area contributed by atoms with Crippen molar-refractivity contribution in [3.63, 3.8) is 0 Å². The van der Waals surface area contributed by atoms with Gasteiger partial charge in [0.05, 0.1) is 18.4 Å². The second-order valence-corrected chi connectivity index (χ2v) is 4.68. The van der Waals surface area contributed by atoms with Crippen molar-refractivity contribution in [3.05, 3.63) is 48.3 Å². The lowest BCUT2D eigenvalue weighted by atomic mass is 10.2. The van der Waals surface area contributed by atoms with Crippen LogP contribution < -0.4 is 5.32 Å². The third-order valence-electron chi connectivity index (χ3n) is 3.04. The molecule has 1 aromatic carbocycles. The summed E-state index contributed by atoms with van der Waals surface area (Å²) in [6, 6.07) is 10.1. The molecule has 0 spiro atoms. The molecule has 2 aromatic rings. The fourth-order valence-corrected chi connectivity index (χ4v) is 1.87. The van der Waals surface area contributed by atoms with Gasteiger partial charge in [-0.15, -0.1) is 0 Å². The number of hydrogen-bond donors (Lipinski definition) is 1. The molecule has 1 fully saturated rings. The van der Waals surface area contributed by atoms with Gasteiger partial charge >= 0.3 is 0 Å². The number of hydrogen-bond acceptors (Lipinski definition) is 2. The van der Waals surface area contributed by atoms with E-state index in [1.807, 2.05) is 29.1 Å². The molecule has 0 radical (unpaired) electrons. The van der Waals surface area contributed by atoms with Crippen LogP contribution in [0.15, 0.2) is 42.7 Å². The SMILES string of the molecule is O=C(Nc1cnn(Cc2ccccc2)c1)C1CC1. The summed E-state index contributed by atoms with van der Waals surface area (Å²) in [7, 11) is 0. The topological polar surface area (TPSA) is 46.9 Å². The number of rotatable bonds is 4. The van der Waals surface area contributed by atoms with Gasteiger partial charge in [0.1, 0.15) is 0 Å². The van der Waals surface area contributed by atoms with Crippen LogP contribution in [0.3, 0.4) is 0 Å². The molecule has 1 saturated carbocycles. The quantitative estimate of drug-likeness (QED) is 0.892. The summed E-state index contributed by atoms with van der Waals surface area (Å²) in [5.41, 5.74) is 1.98. The fraction of sp³-hybridized carbons (Fsp3) is 0.286. The van der Waals surface area contributed by atoms with Crippen LogP contribution in [-0.4, -0.2) is 15.7 Å². The van der Waals surface area contributed by atoms with E-state index in [0.29, 0.717) is 0 Å². The highest BCUT2D eigenvalue weighted by Crippen LogP contribution is 2.30. The average molecular weight is 241 g/mol. The summed E-state index contributed by atoms with van der Waals surface area (Å²) >= 11 is 0. The number of anilines is 1. The van der Waals surface area contributed by atoms with Gasteiger partial charge in [0, 0.05) is 12.1 Å². The minimum absolute atomic E-state index is 0.120. The molecule has 0 atom stereocenters. The molecule has 1 amide bonds. The Labute approximate surface area is 106 Å². The molecule has 1 heterocycles. The lowest BCUT2D eigenvalue weighted by molar-refractivity contribution is -0.117. The van der Waals surface area contributed by atoms with Crippen LogP contribution in [0.5, 0.6) is 0 Å². The van der Waals surface area contributed by atoms with E-state index in [1.54, 1.807) is 6.20 Å². The van der Waals surface area contributed by atoms with Crippen molar-refractivity contribution in [2.45, 2.75) is 19.4 Å². The van der Waals surface area contributed by atoms with E-state index in [2.05, 4.69) is 22.5 Å². The first kappa shape index (κ1) is 11.0. The van der Waals surface area contributed by atoms with E-state index in [4.69, 9.17) is 0 Å². The maximum Gasteiger partial charge on any atom is 0.227 e. The minimum Gasteiger partial charge on any atom is -0.323 e. The number of nitrogens with one attached hydrogen (secondary N) is 1. The van der Waals surface area contributed by atoms with Crippen LogP contribution in [0.1, 0.15) is 18.4 Å². The van der Waals surface area contributed by atoms with Crippen molar-refractivity contribution >= 4 is 11.6 Å². The Morgan fingerprint density at radius 3 is 2.83 bits per heavy atom. The number of benzene rings is 1. The zero-order valence-corrected chi connectivity index (χ0v) is 10.0. The van der Waals surface area contributed by atoms with Gasteiger partial charge in [-0.3, -0.25) is 9.48 Å². The molecule has 92 valence electrons. The van der Waals surface area contributed by atoms with Crippen molar-refractivity contribution < 1.29 is 4.79 Å². The summed E-state index contributed by atoms with van der Waals surface area (Å²) in [6.45, 7) is 0.722. The molecule has 1 aromatic heterocycles. The van der Waals surface area contributed by atoms with Gasteiger partial charge in [-0.1, -0.05) is 30.3 Å². The smallest absolute Gasteiger partial charge is 0.227 e. The van der Waals surface area contributed by atoms with Gasteiger partial charge in [0.15, 0.2) is 0 Å². The average Bonchev–Trinajstić information content (AvgIpc) is 3.15. The molecular weight excluding hydrogens is 226 g/mol. The molecule has 18 heavy (non-hydrogen) atoms. The molecule has 4 heteroatoms. The number of amides is 1. The predicted octanol–water partition coefficient (Wildman–Crippen LogP) is 2.28. The molecule has 4 nitrogen and oxygen atoms in total. The van der Waals surface area contributed by atoms with Gasteiger partial charge in [0.2, 0.25) is 5.91 Å². The highest BCUT2D eigenvalue weighted by atomic mass is 16.2. The number of nitrogens with zero attached hydrogens (tertiary/aromatic N) is 2. The third kappa shape index (κ3) is 2.59. The van der Waals surface area contributed by atoms with Gasteiger partial charge in [-0.05, 0) is 18.4 Å². The summed E-state index contributed by atoms with van der Waals surface area (Å²) in [4.78, 5) is 11.6. The van der Waals surface area contributed by atoms with Crippen LogP contribution in [0.4, 0.5) is 5.69 Å². The molecule has 1 aliphatic rings. The first-order valence-electron chi connectivity index (χ1n) is 6.18. The fourth-order valence-electron chi connectivity index (χ4n) is 1.87. The molecule has 0 aliphatic heterocycles. The maximum atomic E-state index is 11.6. The Kier molecular flexibility index (Phi) is 2.84. The van der Waals surface area contributed by atoms with E-state index >= 15 is 0 Å². The van der Waals surface area contributed by atoms with Crippen molar-refractivity contribution in [3.8, 4) is 0 Å². The Morgan fingerprint density at radius 1 is 1.33 bits per heavy atom. The van der Waals surface area contributed by atoms with Gasteiger partial charge in [-0.2, -0.15) is 5.10 Å². The Balaban J connectivity index is 1.64. The monoisotopic (exact) mass is 241 g/mol. The second kappa shape index (κ2) is 4.64. The van der Waals surface area contributed by atoms with E-state index in [9.17, 15) is 4.79 Å². The van der Waals surface area contributed by atoms with Crippen LogP contribution in [0.25, 0.3) is 0 Å². The van der Waals surface area contributed by atoms with Crippen LogP contribution in [0.2, 0.25) is 0 Å².